The Labute approximate surface area is 164 Å². The Bertz CT molecular complexity index is 729. The van der Waals surface area contributed by atoms with Crippen molar-refractivity contribution < 1.29 is 9.59 Å². The molecule has 4 rings (SSSR count). The molecule has 2 aromatic rings. The summed E-state index contributed by atoms with van der Waals surface area (Å²) in [6.07, 6.45) is 0. The molecular formula is C22H24N2O2S. The number of hydrogen-bond acceptors (Lipinski definition) is 5. The lowest BCUT2D eigenvalue weighted by atomic mass is 10.0. The van der Waals surface area contributed by atoms with Crippen LogP contribution in [0.2, 0.25) is 0 Å². The normalized spacial score (nSPS) is 23.1. The molecule has 2 aliphatic heterocycles. The molecule has 0 amide bonds. The van der Waals surface area contributed by atoms with Crippen LogP contribution in [0, 0.1) is 0 Å². The lowest BCUT2D eigenvalue weighted by Gasteiger charge is -2.43. The van der Waals surface area contributed by atoms with Crippen LogP contribution in [-0.4, -0.2) is 71.1 Å². The summed E-state index contributed by atoms with van der Waals surface area (Å²) in [5.41, 5.74) is 1.56. The van der Waals surface area contributed by atoms with Gasteiger partial charge < -0.3 is 0 Å². The number of nitrogens with zero attached hydrogens (tertiary/aromatic N) is 2. The van der Waals surface area contributed by atoms with Crippen LogP contribution >= 0.6 is 11.8 Å². The van der Waals surface area contributed by atoms with Crippen molar-refractivity contribution in [1.82, 2.24) is 9.80 Å². The van der Waals surface area contributed by atoms with Gasteiger partial charge in [0.2, 0.25) is 0 Å². The summed E-state index contributed by atoms with van der Waals surface area (Å²) in [5, 5.41) is 0. The summed E-state index contributed by atoms with van der Waals surface area (Å²) in [6, 6.07) is 19.8. The van der Waals surface area contributed by atoms with Crippen LogP contribution in [0.3, 0.4) is 0 Å². The maximum atomic E-state index is 12.6. The zero-order chi connectivity index (χ0) is 18.6. The average Bonchev–Trinajstić information content (AvgIpc) is 3.21. The Balaban J connectivity index is 1.41. The fraction of sp³-hybridized carbons (Fsp3) is 0.364. The summed E-state index contributed by atoms with van der Waals surface area (Å²) < 4.78 is 0. The number of Topliss-reactive ketones (excluding diaryl/α,β-unsaturated/α-hetero) is 2. The molecule has 0 N–H and O–H groups in total. The van der Waals surface area contributed by atoms with Crippen molar-refractivity contribution in [1.29, 1.82) is 0 Å². The van der Waals surface area contributed by atoms with Gasteiger partial charge in [-0.05, 0) is 0 Å². The van der Waals surface area contributed by atoms with Gasteiger partial charge in [0.05, 0.1) is 13.1 Å². The van der Waals surface area contributed by atoms with Crippen molar-refractivity contribution in [2.75, 3.05) is 37.7 Å². The van der Waals surface area contributed by atoms with Crippen LogP contribution in [0.25, 0.3) is 0 Å². The van der Waals surface area contributed by atoms with E-state index in [-0.39, 0.29) is 11.6 Å². The van der Waals surface area contributed by atoms with Crippen LogP contribution in [0.5, 0.6) is 0 Å². The highest BCUT2D eigenvalue weighted by Gasteiger charge is 2.41. The van der Waals surface area contributed by atoms with Crippen LogP contribution < -0.4 is 0 Å². The zero-order valence-electron chi connectivity index (χ0n) is 15.3. The molecule has 5 heteroatoms. The predicted octanol–water partition coefficient (Wildman–Crippen LogP) is 2.85. The number of fused-ring (bicyclic) bond motifs is 1. The van der Waals surface area contributed by atoms with E-state index in [0.717, 1.165) is 35.7 Å². The highest BCUT2D eigenvalue weighted by Crippen LogP contribution is 2.30. The van der Waals surface area contributed by atoms with Gasteiger partial charge in [-0.25, -0.2) is 0 Å². The second-order valence-electron chi connectivity index (χ2n) is 7.19. The molecule has 2 saturated heterocycles. The molecule has 0 radical (unpaired) electrons. The smallest absolute Gasteiger partial charge is 0.176 e. The van der Waals surface area contributed by atoms with E-state index in [1.807, 2.05) is 72.4 Å². The van der Waals surface area contributed by atoms with Crippen LogP contribution in [0.15, 0.2) is 60.7 Å². The molecular weight excluding hydrogens is 356 g/mol. The van der Waals surface area contributed by atoms with E-state index < -0.39 is 0 Å². The zero-order valence-corrected chi connectivity index (χ0v) is 16.1. The summed E-state index contributed by atoms with van der Waals surface area (Å²) in [4.78, 5) is 29.9. The first kappa shape index (κ1) is 18.4. The molecule has 2 atom stereocenters. The number of carbonyl (C=O) groups is 2. The van der Waals surface area contributed by atoms with Crippen molar-refractivity contribution in [2.45, 2.75) is 12.1 Å². The number of benzene rings is 2. The van der Waals surface area contributed by atoms with Gasteiger partial charge in [0.15, 0.2) is 11.6 Å². The first-order chi connectivity index (χ1) is 13.2. The number of thioether (sulfide) groups is 1. The van der Waals surface area contributed by atoms with E-state index >= 15 is 0 Å². The topological polar surface area (TPSA) is 40.6 Å². The lowest BCUT2D eigenvalue weighted by Crippen LogP contribution is -2.60. The molecule has 27 heavy (non-hydrogen) atoms. The fourth-order valence-corrected chi connectivity index (χ4v) is 5.49. The first-order valence-corrected chi connectivity index (χ1v) is 10.6. The van der Waals surface area contributed by atoms with Crippen molar-refractivity contribution in [3.63, 3.8) is 0 Å². The third-order valence-corrected chi connectivity index (χ3v) is 6.67. The standard InChI is InChI=1S/C22H24N2O2S/c25-21(17-7-3-1-4-8-17)13-23-11-12-24(20-16-27-15-19(20)23)14-22(26)18-9-5-2-6-10-18/h1-10,19-20H,11-16H2/t19-,20+. The molecule has 0 saturated carbocycles. The summed E-state index contributed by atoms with van der Waals surface area (Å²) in [6.45, 7) is 2.60. The minimum absolute atomic E-state index is 0.181. The Morgan fingerprint density at radius 1 is 0.741 bits per heavy atom. The van der Waals surface area contributed by atoms with E-state index in [1.54, 1.807) is 0 Å². The second-order valence-corrected chi connectivity index (χ2v) is 8.27. The van der Waals surface area contributed by atoms with Crippen LogP contribution in [-0.2, 0) is 0 Å². The van der Waals surface area contributed by atoms with Gasteiger partial charge >= 0.3 is 0 Å². The Hall–Kier alpha value is -1.95. The van der Waals surface area contributed by atoms with E-state index in [9.17, 15) is 9.59 Å². The molecule has 0 spiro atoms. The molecule has 140 valence electrons. The molecule has 0 unspecified atom stereocenters. The average molecular weight is 381 g/mol. The second kappa shape index (κ2) is 8.38. The molecule has 2 heterocycles. The third kappa shape index (κ3) is 4.15. The first-order valence-electron chi connectivity index (χ1n) is 9.45. The molecule has 4 nitrogen and oxygen atoms in total. The maximum Gasteiger partial charge on any atom is 0.176 e. The number of rotatable bonds is 6. The van der Waals surface area contributed by atoms with Gasteiger partial charge in [0.25, 0.3) is 0 Å². The highest BCUT2D eigenvalue weighted by molar-refractivity contribution is 7.99. The monoisotopic (exact) mass is 380 g/mol. The molecule has 2 aromatic carbocycles. The Morgan fingerprint density at radius 2 is 1.15 bits per heavy atom. The summed E-state index contributed by atoms with van der Waals surface area (Å²) >= 11 is 1.93. The SMILES string of the molecule is O=C(CN1CCN(CC(=O)c2ccccc2)[C@H]2CSC[C@H]21)c1ccccc1. The van der Waals surface area contributed by atoms with Gasteiger partial charge in [-0.2, -0.15) is 11.8 Å². The molecule has 2 fully saturated rings. The largest absolute Gasteiger partial charge is 0.293 e. The maximum absolute atomic E-state index is 12.6. The van der Waals surface area contributed by atoms with Gasteiger partial charge in [0.1, 0.15) is 0 Å². The lowest BCUT2D eigenvalue weighted by molar-refractivity contribution is 0.0410. The van der Waals surface area contributed by atoms with Crippen molar-refractivity contribution in [3.05, 3.63) is 71.8 Å². The highest BCUT2D eigenvalue weighted by atomic mass is 32.2. The molecule has 2 aliphatic rings. The fourth-order valence-electron chi connectivity index (χ4n) is 4.01. The quantitative estimate of drug-likeness (QED) is 0.721. The van der Waals surface area contributed by atoms with Gasteiger partial charge in [-0.1, -0.05) is 60.7 Å². The van der Waals surface area contributed by atoms with Crippen molar-refractivity contribution >= 4 is 23.3 Å². The summed E-state index contributed by atoms with van der Waals surface area (Å²) in [7, 11) is 0. The van der Waals surface area contributed by atoms with Gasteiger partial charge in [0, 0.05) is 47.8 Å². The van der Waals surface area contributed by atoms with E-state index in [4.69, 9.17) is 0 Å². The van der Waals surface area contributed by atoms with E-state index in [0.29, 0.717) is 25.2 Å². The van der Waals surface area contributed by atoms with E-state index in [2.05, 4.69) is 9.80 Å². The molecule has 0 aromatic heterocycles. The minimum atomic E-state index is 0.181. The number of piperazine rings is 1. The van der Waals surface area contributed by atoms with Crippen LogP contribution in [0.1, 0.15) is 20.7 Å². The van der Waals surface area contributed by atoms with E-state index in [1.165, 1.54) is 0 Å². The molecule has 0 aliphatic carbocycles. The Morgan fingerprint density at radius 3 is 1.56 bits per heavy atom. The number of carbonyl (C=O) groups excluding carboxylic acids is 2. The predicted molar refractivity (Wildman–Crippen MR) is 110 cm³/mol. The molecule has 0 bridgehead atoms. The van der Waals surface area contributed by atoms with Gasteiger partial charge in [-0.3, -0.25) is 19.4 Å². The van der Waals surface area contributed by atoms with Gasteiger partial charge in [-0.15, -0.1) is 0 Å². The van der Waals surface area contributed by atoms with Crippen LogP contribution in [0.4, 0.5) is 0 Å². The number of ketones is 2. The summed E-state index contributed by atoms with van der Waals surface area (Å²) in [5.74, 6) is 2.42. The third-order valence-electron chi connectivity index (χ3n) is 5.52. The van der Waals surface area contributed by atoms with Crippen molar-refractivity contribution in [3.8, 4) is 0 Å². The minimum Gasteiger partial charge on any atom is -0.293 e. The Kier molecular flexibility index (Phi) is 5.72. The number of hydrogen-bond donors (Lipinski definition) is 0. The van der Waals surface area contributed by atoms with Crippen molar-refractivity contribution in [2.24, 2.45) is 0 Å².